The van der Waals surface area contributed by atoms with Crippen LogP contribution in [0.5, 0.6) is 0 Å². The molecular formula is C14H22N2O. The zero-order valence-corrected chi connectivity index (χ0v) is 10.6. The third-order valence-corrected chi connectivity index (χ3v) is 3.63. The summed E-state index contributed by atoms with van der Waals surface area (Å²) >= 11 is 0. The lowest BCUT2D eigenvalue weighted by Gasteiger charge is -2.38. The summed E-state index contributed by atoms with van der Waals surface area (Å²) in [5, 5.41) is 3.57. The number of hydrogen-bond acceptors (Lipinski definition) is 3. The van der Waals surface area contributed by atoms with Crippen LogP contribution in [0.15, 0.2) is 24.5 Å². The number of rotatable bonds is 5. The molecule has 1 N–H and O–H groups in total. The van der Waals surface area contributed by atoms with Crippen LogP contribution in [0.1, 0.15) is 31.7 Å². The van der Waals surface area contributed by atoms with Gasteiger partial charge in [0.1, 0.15) is 0 Å². The number of nitrogens with zero attached hydrogens (tertiary/aromatic N) is 1. The molecule has 2 rings (SSSR count). The van der Waals surface area contributed by atoms with E-state index in [1.54, 1.807) is 0 Å². The maximum absolute atomic E-state index is 5.51. The number of nitrogens with one attached hydrogen (secondary N) is 1. The van der Waals surface area contributed by atoms with Gasteiger partial charge in [-0.2, -0.15) is 0 Å². The Hall–Kier alpha value is -0.930. The van der Waals surface area contributed by atoms with E-state index in [4.69, 9.17) is 4.74 Å². The van der Waals surface area contributed by atoms with Gasteiger partial charge in [-0.05, 0) is 43.5 Å². The van der Waals surface area contributed by atoms with Crippen molar-refractivity contribution in [3.63, 3.8) is 0 Å². The Morgan fingerprint density at radius 3 is 2.65 bits per heavy atom. The van der Waals surface area contributed by atoms with Gasteiger partial charge in [0.2, 0.25) is 0 Å². The Morgan fingerprint density at radius 1 is 1.29 bits per heavy atom. The average molecular weight is 234 g/mol. The third-order valence-electron chi connectivity index (χ3n) is 3.63. The standard InChI is InChI=1S/C14H22N2O/c1-2-7-16-12-14(5-10-17-11-6-14)13-3-8-15-9-4-13/h3-4,8-9,16H,2,5-7,10-12H2,1H3. The number of pyridine rings is 1. The Kier molecular flexibility index (Phi) is 4.51. The molecular weight excluding hydrogens is 212 g/mol. The first-order valence-electron chi connectivity index (χ1n) is 6.56. The van der Waals surface area contributed by atoms with Gasteiger partial charge in [0.25, 0.3) is 0 Å². The van der Waals surface area contributed by atoms with Crippen molar-refractivity contribution < 1.29 is 4.74 Å². The molecule has 0 spiro atoms. The lowest BCUT2D eigenvalue weighted by Crippen LogP contribution is -2.43. The highest BCUT2D eigenvalue weighted by molar-refractivity contribution is 5.24. The SMILES string of the molecule is CCCNCC1(c2ccncc2)CCOCC1. The van der Waals surface area contributed by atoms with Gasteiger partial charge in [0.05, 0.1) is 0 Å². The summed E-state index contributed by atoms with van der Waals surface area (Å²) in [5.74, 6) is 0. The second-order valence-corrected chi connectivity index (χ2v) is 4.81. The number of ether oxygens (including phenoxy) is 1. The van der Waals surface area contributed by atoms with Crippen molar-refractivity contribution in [2.24, 2.45) is 0 Å². The summed E-state index contributed by atoms with van der Waals surface area (Å²) in [6.45, 7) is 6.09. The molecule has 0 bridgehead atoms. The highest BCUT2D eigenvalue weighted by Crippen LogP contribution is 2.33. The first-order chi connectivity index (χ1) is 8.37. The van der Waals surface area contributed by atoms with Gasteiger partial charge in [0, 0.05) is 37.6 Å². The molecule has 0 aliphatic carbocycles. The molecule has 0 radical (unpaired) electrons. The lowest BCUT2D eigenvalue weighted by atomic mass is 9.74. The molecule has 1 aromatic rings. The molecule has 0 amide bonds. The molecule has 0 saturated carbocycles. The predicted molar refractivity (Wildman–Crippen MR) is 69.1 cm³/mol. The molecule has 1 aliphatic rings. The molecule has 2 heterocycles. The van der Waals surface area contributed by atoms with E-state index < -0.39 is 0 Å². The van der Waals surface area contributed by atoms with Crippen molar-refractivity contribution in [1.29, 1.82) is 0 Å². The lowest BCUT2D eigenvalue weighted by molar-refractivity contribution is 0.0499. The van der Waals surface area contributed by atoms with Crippen LogP contribution in [0, 0.1) is 0 Å². The second kappa shape index (κ2) is 6.12. The fourth-order valence-electron chi connectivity index (χ4n) is 2.54. The van der Waals surface area contributed by atoms with E-state index in [0.717, 1.165) is 39.1 Å². The van der Waals surface area contributed by atoms with Crippen LogP contribution < -0.4 is 5.32 Å². The van der Waals surface area contributed by atoms with Crippen LogP contribution in [0.4, 0.5) is 0 Å². The van der Waals surface area contributed by atoms with Gasteiger partial charge < -0.3 is 10.1 Å². The average Bonchev–Trinajstić information content (AvgIpc) is 2.41. The molecule has 17 heavy (non-hydrogen) atoms. The maximum Gasteiger partial charge on any atom is 0.0475 e. The fraction of sp³-hybridized carbons (Fsp3) is 0.643. The van der Waals surface area contributed by atoms with Crippen LogP contribution in [0.25, 0.3) is 0 Å². The molecule has 0 unspecified atom stereocenters. The quantitative estimate of drug-likeness (QED) is 0.793. The minimum atomic E-state index is 0.246. The Labute approximate surface area is 104 Å². The van der Waals surface area contributed by atoms with E-state index in [2.05, 4.69) is 29.4 Å². The molecule has 1 aliphatic heterocycles. The van der Waals surface area contributed by atoms with Crippen molar-refractivity contribution in [1.82, 2.24) is 10.3 Å². The minimum Gasteiger partial charge on any atom is -0.381 e. The van der Waals surface area contributed by atoms with Crippen molar-refractivity contribution in [2.75, 3.05) is 26.3 Å². The molecule has 3 nitrogen and oxygen atoms in total. The summed E-state index contributed by atoms with van der Waals surface area (Å²) in [6.07, 6.45) is 7.18. The molecule has 1 saturated heterocycles. The number of hydrogen-bond donors (Lipinski definition) is 1. The van der Waals surface area contributed by atoms with E-state index in [9.17, 15) is 0 Å². The summed E-state index contributed by atoms with van der Waals surface area (Å²) in [6, 6.07) is 4.30. The molecule has 3 heteroatoms. The van der Waals surface area contributed by atoms with E-state index in [0.29, 0.717) is 0 Å². The Balaban J connectivity index is 2.11. The van der Waals surface area contributed by atoms with Crippen molar-refractivity contribution in [2.45, 2.75) is 31.6 Å². The van der Waals surface area contributed by atoms with E-state index in [-0.39, 0.29) is 5.41 Å². The van der Waals surface area contributed by atoms with Crippen LogP contribution in [-0.4, -0.2) is 31.3 Å². The summed E-state index contributed by atoms with van der Waals surface area (Å²) in [4.78, 5) is 4.12. The summed E-state index contributed by atoms with van der Waals surface area (Å²) in [5.41, 5.74) is 1.65. The van der Waals surface area contributed by atoms with E-state index in [1.165, 1.54) is 12.0 Å². The summed E-state index contributed by atoms with van der Waals surface area (Å²) in [7, 11) is 0. The monoisotopic (exact) mass is 234 g/mol. The number of aromatic nitrogens is 1. The van der Waals surface area contributed by atoms with Gasteiger partial charge in [-0.15, -0.1) is 0 Å². The van der Waals surface area contributed by atoms with Gasteiger partial charge in [-0.1, -0.05) is 6.92 Å². The molecule has 1 fully saturated rings. The van der Waals surface area contributed by atoms with Gasteiger partial charge in [-0.3, -0.25) is 4.98 Å². The first kappa shape index (κ1) is 12.5. The van der Waals surface area contributed by atoms with Crippen molar-refractivity contribution >= 4 is 0 Å². The van der Waals surface area contributed by atoms with Crippen LogP contribution in [-0.2, 0) is 10.2 Å². The highest BCUT2D eigenvalue weighted by atomic mass is 16.5. The Bertz CT molecular complexity index is 320. The maximum atomic E-state index is 5.51. The van der Waals surface area contributed by atoms with Gasteiger partial charge in [0.15, 0.2) is 0 Å². The van der Waals surface area contributed by atoms with Gasteiger partial charge >= 0.3 is 0 Å². The first-order valence-corrected chi connectivity index (χ1v) is 6.56. The van der Waals surface area contributed by atoms with Gasteiger partial charge in [-0.25, -0.2) is 0 Å². The van der Waals surface area contributed by atoms with Crippen molar-refractivity contribution in [3.05, 3.63) is 30.1 Å². The van der Waals surface area contributed by atoms with Crippen LogP contribution in [0.3, 0.4) is 0 Å². The van der Waals surface area contributed by atoms with Crippen LogP contribution in [0.2, 0.25) is 0 Å². The minimum absolute atomic E-state index is 0.246. The van der Waals surface area contributed by atoms with Crippen LogP contribution >= 0.6 is 0 Å². The Morgan fingerprint density at radius 2 is 2.00 bits per heavy atom. The third kappa shape index (κ3) is 3.05. The van der Waals surface area contributed by atoms with Crippen molar-refractivity contribution in [3.8, 4) is 0 Å². The molecule has 0 aromatic carbocycles. The normalized spacial score (nSPS) is 19.1. The molecule has 94 valence electrons. The molecule has 0 atom stereocenters. The fourth-order valence-corrected chi connectivity index (χ4v) is 2.54. The topological polar surface area (TPSA) is 34.2 Å². The highest BCUT2D eigenvalue weighted by Gasteiger charge is 2.33. The zero-order chi connectivity index (χ0) is 12.0. The van der Waals surface area contributed by atoms with E-state index in [1.807, 2.05) is 12.4 Å². The smallest absolute Gasteiger partial charge is 0.0475 e. The predicted octanol–water partition coefficient (Wildman–Crippen LogP) is 2.13. The summed E-state index contributed by atoms with van der Waals surface area (Å²) < 4.78 is 5.51. The molecule has 1 aromatic heterocycles. The van der Waals surface area contributed by atoms with E-state index >= 15 is 0 Å². The zero-order valence-electron chi connectivity index (χ0n) is 10.6. The second-order valence-electron chi connectivity index (χ2n) is 4.81. The largest absolute Gasteiger partial charge is 0.381 e.